The summed E-state index contributed by atoms with van der Waals surface area (Å²) < 4.78 is 24.9. The molecule has 0 atom stereocenters. The number of anilines is 1. The molecule has 2 aromatic rings. The van der Waals surface area contributed by atoms with Crippen LogP contribution in [0.5, 0.6) is 0 Å². The fraction of sp³-hybridized carbons (Fsp3) is 0.250. The van der Waals surface area contributed by atoms with Crippen LogP contribution in [-0.2, 0) is 10.0 Å². The van der Waals surface area contributed by atoms with Gasteiger partial charge in [0.25, 0.3) is 5.69 Å². The number of fused-ring (bicyclic) bond motifs is 1. The third-order valence-corrected chi connectivity index (χ3v) is 4.30. The largest absolute Gasteiger partial charge is 0.382 e. The molecule has 0 amide bonds. The fourth-order valence-electron chi connectivity index (χ4n) is 1.88. The summed E-state index contributed by atoms with van der Waals surface area (Å²) in [5.41, 5.74) is 0.961. The lowest BCUT2D eigenvalue weighted by Gasteiger charge is -2.09. The van der Waals surface area contributed by atoms with Crippen LogP contribution in [0.2, 0.25) is 0 Å². The number of hydrogen-bond donors (Lipinski definition) is 2. The average Bonchev–Trinajstić information content (AvgIpc) is 2.47. The normalized spacial score (nSPS) is 11.5. The molecule has 0 radical (unpaired) electrons. The van der Waals surface area contributed by atoms with Gasteiger partial charge >= 0.3 is 0 Å². The Balaban J connectivity index is 2.30. The predicted octanol–water partition coefficient (Wildman–Crippen LogP) is 1.10. The molecule has 0 aliphatic carbocycles. The molecule has 21 heavy (non-hydrogen) atoms. The van der Waals surface area contributed by atoms with Gasteiger partial charge in [0.15, 0.2) is 0 Å². The van der Waals surface area contributed by atoms with Gasteiger partial charge in [-0.1, -0.05) is 0 Å². The first-order valence-corrected chi connectivity index (χ1v) is 7.77. The van der Waals surface area contributed by atoms with E-state index in [-0.39, 0.29) is 18.0 Å². The summed E-state index contributed by atoms with van der Waals surface area (Å²) in [5, 5.41) is 14.3. The van der Waals surface area contributed by atoms with E-state index < -0.39 is 14.9 Å². The second kappa shape index (κ2) is 6.02. The van der Waals surface area contributed by atoms with E-state index in [0.717, 1.165) is 0 Å². The quantitative estimate of drug-likeness (QED) is 0.610. The molecule has 112 valence electrons. The predicted molar refractivity (Wildman–Crippen MR) is 79.7 cm³/mol. The number of nitrogens with one attached hydrogen (secondary N) is 2. The molecule has 9 heteroatoms. The van der Waals surface area contributed by atoms with Gasteiger partial charge in [-0.25, -0.2) is 13.1 Å². The Labute approximate surface area is 121 Å². The minimum Gasteiger partial charge on any atom is -0.382 e. The van der Waals surface area contributed by atoms with Crippen molar-refractivity contribution < 1.29 is 13.3 Å². The van der Waals surface area contributed by atoms with Gasteiger partial charge < -0.3 is 5.32 Å². The van der Waals surface area contributed by atoms with Crippen LogP contribution in [0.25, 0.3) is 10.9 Å². The molecule has 0 aliphatic rings. The summed E-state index contributed by atoms with van der Waals surface area (Å²) in [6.45, 7) is 0.173. The molecule has 1 heterocycles. The van der Waals surface area contributed by atoms with Crippen LogP contribution in [0.1, 0.15) is 0 Å². The van der Waals surface area contributed by atoms with Gasteiger partial charge in [-0.05, 0) is 25.2 Å². The maximum absolute atomic E-state index is 11.3. The van der Waals surface area contributed by atoms with Crippen molar-refractivity contribution in [2.45, 2.75) is 0 Å². The second-order valence-electron chi connectivity index (χ2n) is 4.24. The summed E-state index contributed by atoms with van der Waals surface area (Å²) in [4.78, 5) is 14.6. The van der Waals surface area contributed by atoms with Crippen molar-refractivity contribution in [2.75, 3.05) is 24.7 Å². The standard InChI is InChI=1S/C12H14N4O4S/c1-13-21(19,20)8-7-14-10-4-5-11(16(17)18)9-3-2-6-15-12(9)10/h2-6,13-14H,7-8H2,1H3. The molecular weight excluding hydrogens is 296 g/mol. The topological polar surface area (TPSA) is 114 Å². The number of nitro benzene ring substituents is 1. The average molecular weight is 310 g/mol. The highest BCUT2D eigenvalue weighted by Crippen LogP contribution is 2.29. The number of sulfonamides is 1. The lowest BCUT2D eigenvalue weighted by atomic mass is 10.1. The van der Waals surface area contributed by atoms with E-state index in [1.54, 1.807) is 12.1 Å². The Kier molecular flexibility index (Phi) is 4.34. The third-order valence-electron chi connectivity index (χ3n) is 2.94. The van der Waals surface area contributed by atoms with E-state index in [9.17, 15) is 18.5 Å². The van der Waals surface area contributed by atoms with E-state index >= 15 is 0 Å². The Morgan fingerprint density at radius 1 is 1.33 bits per heavy atom. The summed E-state index contributed by atoms with van der Waals surface area (Å²) in [6, 6.07) is 6.12. The molecule has 0 aliphatic heterocycles. The molecule has 0 fully saturated rings. The maximum atomic E-state index is 11.3. The molecule has 0 saturated carbocycles. The van der Waals surface area contributed by atoms with Crippen LogP contribution in [0.3, 0.4) is 0 Å². The zero-order chi connectivity index (χ0) is 15.5. The van der Waals surface area contributed by atoms with Crippen molar-refractivity contribution in [3.63, 3.8) is 0 Å². The van der Waals surface area contributed by atoms with Gasteiger partial charge in [0.1, 0.15) is 5.52 Å². The highest BCUT2D eigenvalue weighted by molar-refractivity contribution is 7.89. The molecule has 2 N–H and O–H groups in total. The SMILES string of the molecule is CNS(=O)(=O)CCNc1ccc([N+](=O)[O-])c2cccnc12. The van der Waals surface area contributed by atoms with Gasteiger partial charge in [-0.15, -0.1) is 0 Å². The Morgan fingerprint density at radius 3 is 2.76 bits per heavy atom. The zero-order valence-corrected chi connectivity index (χ0v) is 12.1. The highest BCUT2D eigenvalue weighted by Gasteiger charge is 2.15. The second-order valence-corrected chi connectivity index (χ2v) is 6.28. The van der Waals surface area contributed by atoms with Crippen LogP contribution in [0.15, 0.2) is 30.5 Å². The van der Waals surface area contributed by atoms with Crippen molar-refractivity contribution in [3.05, 3.63) is 40.6 Å². The number of pyridine rings is 1. The van der Waals surface area contributed by atoms with E-state index in [1.165, 1.54) is 25.4 Å². The Bertz CT molecular complexity index is 776. The first-order valence-electron chi connectivity index (χ1n) is 6.12. The van der Waals surface area contributed by atoms with Crippen LogP contribution in [0.4, 0.5) is 11.4 Å². The van der Waals surface area contributed by atoms with Crippen LogP contribution in [-0.4, -0.2) is 37.7 Å². The number of hydrogen-bond acceptors (Lipinski definition) is 6. The lowest BCUT2D eigenvalue weighted by Crippen LogP contribution is -2.26. The minimum atomic E-state index is -3.31. The summed E-state index contributed by atoms with van der Waals surface area (Å²) in [6.07, 6.45) is 1.53. The molecule has 1 aromatic carbocycles. The molecule has 0 unspecified atom stereocenters. The number of benzene rings is 1. The van der Waals surface area contributed by atoms with Crippen LogP contribution in [0, 0.1) is 10.1 Å². The number of nitrogens with zero attached hydrogens (tertiary/aromatic N) is 2. The fourth-order valence-corrected chi connectivity index (χ4v) is 2.46. The Hall–Kier alpha value is -2.26. The highest BCUT2D eigenvalue weighted by atomic mass is 32.2. The zero-order valence-electron chi connectivity index (χ0n) is 11.2. The lowest BCUT2D eigenvalue weighted by molar-refractivity contribution is -0.383. The molecule has 0 bridgehead atoms. The van der Waals surface area contributed by atoms with Crippen LogP contribution >= 0.6 is 0 Å². The number of non-ortho nitro benzene ring substituents is 1. The molecule has 0 saturated heterocycles. The van der Waals surface area contributed by atoms with Gasteiger partial charge in [-0.3, -0.25) is 15.1 Å². The summed E-state index contributed by atoms with van der Waals surface area (Å²) in [5.74, 6) is -0.102. The molecule has 0 spiro atoms. The monoisotopic (exact) mass is 310 g/mol. The number of nitro groups is 1. The van der Waals surface area contributed by atoms with Gasteiger partial charge in [-0.2, -0.15) is 0 Å². The van der Waals surface area contributed by atoms with Crippen molar-refractivity contribution >= 4 is 32.3 Å². The van der Waals surface area contributed by atoms with Gasteiger partial charge in [0.05, 0.1) is 21.7 Å². The first kappa shape index (κ1) is 15.1. The van der Waals surface area contributed by atoms with Crippen molar-refractivity contribution in [3.8, 4) is 0 Å². The molecule has 2 rings (SSSR count). The van der Waals surface area contributed by atoms with Crippen LogP contribution < -0.4 is 10.0 Å². The van der Waals surface area contributed by atoms with E-state index in [0.29, 0.717) is 16.6 Å². The summed E-state index contributed by atoms with van der Waals surface area (Å²) in [7, 11) is -1.96. The molecule has 1 aromatic heterocycles. The summed E-state index contributed by atoms with van der Waals surface area (Å²) >= 11 is 0. The van der Waals surface area contributed by atoms with Gasteiger partial charge in [0.2, 0.25) is 10.0 Å². The maximum Gasteiger partial charge on any atom is 0.278 e. The van der Waals surface area contributed by atoms with Crippen molar-refractivity contribution in [1.29, 1.82) is 0 Å². The van der Waals surface area contributed by atoms with E-state index in [1.807, 2.05) is 0 Å². The van der Waals surface area contributed by atoms with Gasteiger partial charge in [0, 0.05) is 18.8 Å². The van der Waals surface area contributed by atoms with E-state index in [4.69, 9.17) is 0 Å². The van der Waals surface area contributed by atoms with Crippen molar-refractivity contribution in [2.24, 2.45) is 0 Å². The smallest absolute Gasteiger partial charge is 0.278 e. The number of rotatable bonds is 6. The molecule has 8 nitrogen and oxygen atoms in total. The van der Waals surface area contributed by atoms with Crippen molar-refractivity contribution in [1.82, 2.24) is 9.71 Å². The minimum absolute atomic E-state index is 0.0357. The molecular formula is C12H14N4O4S. The Morgan fingerprint density at radius 2 is 2.10 bits per heavy atom. The first-order chi connectivity index (χ1) is 9.94. The third kappa shape index (κ3) is 3.44. The number of aromatic nitrogens is 1. The van der Waals surface area contributed by atoms with E-state index in [2.05, 4.69) is 15.0 Å².